The van der Waals surface area contributed by atoms with Crippen molar-refractivity contribution in [2.75, 3.05) is 59.4 Å². The molecule has 3 rings (SSSR count). The number of carbonyl (C=O) groups excluding carboxylic acids is 1. The van der Waals surface area contributed by atoms with Crippen LogP contribution in [-0.4, -0.2) is 86.0 Å². The highest BCUT2D eigenvalue weighted by atomic mass is 16.1. The van der Waals surface area contributed by atoms with Crippen LogP contribution in [0.5, 0.6) is 0 Å². The average molecular weight is 443 g/mol. The first-order chi connectivity index (χ1) is 15.6. The summed E-state index contributed by atoms with van der Waals surface area (Å²) in [6, 6.07) is 8.75. The number of nitrogens with zero attached hydrogens (tertiary/aromatic N) is 4. The molecule has 178 valence electrons. The van der Waals surface area contributed by atoms with Gasteiger partial charge in [-0.2, -0.15) is 0 Å². The van der Waals surface area contributed by atoms with Crippen LogP contribution in [0.2, 0.25) is 0 Å². The van der Waals surface area contributed by atoms with Gasteiger partial charge in [0, 0.05) is 65.8 Å². The van der Waals surface area contributed by atoms with Gasteiger partial charge in [0.2, 0.25) is 5.91 Å². The zero-order chi connectivity index (χ0) is 22.8. The molecule has 2 aliphatic heterocycles. The summed E-state index contributed by atoms with van der Waals surface area (Å²) in [5.41, 5.74) is 2.71. The van der Waals surface area contributed by atoms with E-state index in [1.54, 1.807) is 7.05 Å². The summed E-state index contributed by atoms with van der Waals surface area (Å²) in [6.45, 7) is 14.6. The van der Waals surface area contributed by atoms with Gasteiger partial charge in [0.25, 0.3) is 0 Å². The van der Waals surface area contributed by atoms with Gasteiger partial charge in [-0.1, -0.05) is 31.2 Å². The maximum Gasteiger partial charge on any atom is 0.220 e. The molecule has 0 aromatic heterocycles. The molecule has 2 N–H and O–H groups in total. The monoisotopic (exact) mass is 442 g/mol. The highest BCUT2D eigenvalue weighted by Gasteiger charge is 2.23. The first kappa shape index (κ1) is 24.5. The fraction of sp³-hybridized carbons (Fsp3) is 0.680. The number of likely N-dealkylation sites (N-methyl/N-ethyl adjacent to an activating group) is 1. The Morgan fingerprint density at radius 3 is 2.28 bits per heavy atom. The van der Waals surface area contributed by atoms with Gasteiger partial charge in [0.05, 0.1) is 6.54 Å². The number of amides is 1. The highest BCUT2D eigenvalue weighted by molar-refractivity contribution is 5.80. The lowest BCUT2D eigenvalue weighted by molar-refractivity contribution is -0.121. The van der Waals surface area contributed by atoms with Gasteiger partial charge in [-0.05, 0) is 43.4 Å². The van der Waals surface area contributed by atoms with Gasteiger partial charge in [0.15, 0.2) is 5.96 Å². The molecule has 7 heteroatoms. The number of piperazine rings is 1. The average Bonchev–Trinajstić information content (AvgIpc) is 2.83. The van der Waals surface area contributed by atoms with E-state index in [1.807, 2.05) is 0 Å². The lowest BCUT2D eigenvalue weighted by Gasteiger charge is -2.34. The number of hydrogen-bond acceptors (Lipinski definition) is 4. The van der Waals surface area contributed by atoms with Crippen LogP contribution < -0.4 is 10.6 Å². The van der Waals surface area contributed by atoms with Crippen molar-refractivity contribution in [2.24, 2.45) is 10.9 Å². The van der Waals surface area contributed by atoms with E-state index in [9.17, 15) is 4.79 Å². The zero-order valence-corrected chi connectivity index (χ0v) is 20.3. The van der Waals surface area contributed by atoms with Crippen molar-refractivity contribution in [2.45, 2.75) is 46.2 Å². The van der Waals surface area contributed by atoms with Crippen LogP contribution in [0.1, 0.15) is 44.2 Å². The van der Waals surface area contributed by atoms with Gasteiger partial charge in [-0.15, -0.1) is 0 Å². The van der Waals surface area contributed by atoms with Gasteiger partial charge >= 0.3 is 0 Å². The normalized spacial score (nSPS) is 19.2. The number of nitrogens with one attached hydrogen (secondary N) is 2. The predicted molar refractivity (Wildman–Crippen MR) is 132 cm³/mol. The standard InChI is InChI=1S/C25H42N6O/c1-4-27-25(31-12-10-21(11-13-31)18-24(32)26-3)28-19-22-8-6-7-9-23(22)20-30-16-14-29(5-2)15-17-30/h6-9,21H,4-5,10-20H2,1-3H3,(H,26,32)(H,27,28). The Morgan fingerprint density at radius 2 is 1.66 bits per heavy atom. The number of aliphatic imine (C=N–C) groups is 1. The summed E-state index contributed by atoms with van der Waals surface area (Å²) >= 11 is 0. The minimum Gasteiger partial charge on any atom is -0.359 e. The maximum atomic E-state index is 11.7. The lowest BCUT2D eigenvalue weighted by atomic mass is 9.93. The fourth-order valence-corrected chi connectivity index (χ4v) is 4.67. The fourth-order valence-electron chi connectivity index (χ4n) is 4.67. The van der Waals surface area contributed by atoms with Crippen molar-refractivity contribution in [3.8, 4) is 0 Å². The summed E-state index contributed by atoms with van der Waals surface area (Å²) in [6.07, 6.45) is 2.72. The Bertz CT molecular complexity index is 736. The molecule has 0 spiro atoms. The van der Waals surface area contributed by atoms with Crippen LogP contribution in [0.15, 0.2) is 29.3 Å². The number of rotatable bonds is 8. The number of piperidine rings is 1. The number of carbonyl (C=O) groups is 1. The molecule has 1 aromatic carbocycles. The third-order valence-electron chi connectivity index (χ3n) is 6.83. The second-order valence-electron chi connectivity index (χ2n) is 8.96. The molecule has 2 aliphatic rings. The molecular weight excluding hydrogens is 400 g/mol. The number of guanidine groups is 1. The topological polar surface area (TPSA) is 63.2 Å². The molecule has 0 aliphatic carbocycles. The third-order valence-corrected chi connectivity index (χ3v) is 6.83. The molecule has 7 nitrogen and oxygen atoms in total. The number of benzene rings is 1. The van der Waals surface area contributed by atoms with E-state index >= 15 is 0 Å². The quantitative estimate of drug-likeness (QED) is 0.477. The molecule has 0 radical (unpaired) electrons. The van der Waals surface area contributed by atoms with Crippen molar-refractivity contribution >= 4 is 11.9 Å². The molecule has 0 saturated carbocycles. The Labute approximate surface area is 194 Å². The van der Waals surface area contributed by atoms with Crippen LogP contribution >= 0.6 is 0 Å². The number of hydrogen-bond donors (Lipinski definition) is 2. The molecule has 1 aromatic rings. The Kier molecular flexibility index (Phi) is 9.81. The minimum absolute atomic E-state index is 0.150. The maximum absolute atomic E-state index is 11.7. The van der Waals surface area contributed by atoms with Crippen LogP contribution in [0, 0.1) is 5.92 Å². The van der Waals surface area contributed by atoms with Crippen molar-refractivity contribution < 1.29 is 4.79 Å². The van der Waals surface area contributed by atoms with Crippen molar-refractivity contribution in [3.05, 3.63) is 35.4 Å². The zero-order valence-electron chi connectivity index (χ0n) is 20.3. The number of likely N-dealkylation sites (tertiary alicyclic amines) is 1. The van der Waals surface area contributed by atoms with E-state index < -0.39 is 0 Å². The molecule has 2 saturated heterocycles. The Hall–Kier alpha value is -2.12. The first-order valence-corrected chi connectivity index (χ1v) is 12.4. The van der Waals surface area contributed by atoms with E-state index in [2.05, 4.69) is 63.4 Å². The van der Waals surface area contributed by atoms with E-state index in [1.165, 1.54) is 11.1 Å². The Balaban J connectivity index is 1.59. The van der Waals surface area contributed by atoms with Crippen molar-refractivity contribution in [1.29, 1.82) is 0 Å². The highest BCUT2D eigenvalue weighted by Crippen LogP contribution is 2.21. The van der Waals surface area contributed by atoms with Gasteiger partial charge in [0.1, 0.15) is 0 Å². The van der Waals surface area contributed by atoms with E-state index in [4.69, 9.17) is 4.99 Å². The molecule has 32 heavy (non-hydrogen) atoms. The van der Waals surface area contributed by atoms with Crippen LogP contribution in [0.3, 0.4) is 0 Å². The second-order valence-corrected chi connectivity index (χ2v) is 8.96. The molecule has 2 fully saturated rings. The van der Waals surface area contributed by atoms with Crippen LogP contribution in [0.4, 0.5) is 0 Å². The third kappa shape index (κ3) is 7.20. The Morgan fingerprint density at radius 1 is 1.00 bits per heavy atom. The second kappa shape index (κ2) is 12.8. The van der Waals surface area contributed by atoms with E-state index in [-0.39, 0.29) is 5.91 Å². The van der Waals surface area contributed by atoms with E-state index in [0.29, 0.717) is 18.9 Å². The summed E-state index contributed by atoms with van der Waals surface area (Å²) in [5.74, 6) is 1.62. The minimum atomic E-state index is 0.150. The summed E-state index contributed by atoms with van der Waals surface area (Å²) in [4.78, 5) is 24.2. The van der Waals surface area contributed by atoms with Crippen molar-refractivity contribution in [1.82, 2.24) is 25.3 Å². The van der Waals surface area contributed by atoms with Crippen molar-refractivity contribution in [3.63, 3.8) is 0 Å². The molecule has 0 bridgehead atoms. The lowest BCUT2D eigenvalue weighted by Crippen LogP contribution is -2.46. The molecule has 0 unspecified atom stereocenters. The van der Waals surface area contributed by atoms with Crippen LogP contribution in [0.25, 0.3) is 0 Å². The molecule has 2 heterocycles. The molecule has 1 amide bonds. The van der Waals surface area contributed by atoms with Gasteiger partial charge in [-0.3, -0.25) is 9.69 Å². The largest absolute Gasteiger partial charge is 0.359 e. The summed E-state index contributed by atoms with van der Waals surface area (Å²) in [5, 5.41) is 6.23. The SMILES string of the molecule is CCNC(=NCc1ccccc1CN1CCN(CC)CC1)N1CCC(CC(=O)NC)CC1. The predicted octanol–water partition coefficient (Wildman–Crippen LogP) is 2.14. The van der Waals surface area contributed by atoms with Gasteiger partial charge < -0.3 is 20.4 Å². The molecule has 0 atom stereocenters. The first-order valence-electron chi connectivity index (χ1n) is 12.4. The summed E-state index contributed by atoms with van der Waals surface area (Å²) < 4.78 is 0. The molecular formula is C25H42N6O. The smallest absolute Gasteiger partial charge is 0.220 e. The van der Waals surface area contributed by atoms with Gasteiger partial charge in [-0.25, -0.2) is 4.99 Å². The van der Waals surface area contributed by atoms with E-state index in [0.717, 1.165) is 77.7 Å². The van der Waals surface area contributed by atoms with Crippen LogP contribution in [-0.2, 0) is 17.9 Å². The summed E-state index contributed by atoms with van der Waals surface area (Å²) in [7, 11) is 1.72.